The molecule has 0 aromatic carbocycles. The van der Waals surface area contributed by atoms with Crippen molar-refractivity contribution in [1.82, 2.24) is 5.32 Å². The molecule has 0 saturated carbocycles. The fraction of sp³-hybridized carbons (Fsp3) is 0.762. The Morgan fingerprint density at radius 3 is 1.91 bits per heavy atom. The monoisotopic (exact) mass is 321 g/mol. The number of hydrogen-bond donors (Lipinski definition) is 1. The molecule has 0 unspecified atom stereocenters. The molecule has 0 heterocycles. The zero-order chi connectivity index (χ0) is 17.0. The Morgan fingerprint density at radius 2 is 1.35 bits per heavy atom. The lowest BCUT2D eigenvalue weighted by molar-refractivity contribution is -0.121. The number of carbonyl (C=O) groups is 1. The molecule has 0 aromatic rings. The molecule has 134 valence electrons. The molecule has 0 aliphatic heterocycles. The van der Waals surface area contributed by atoms with E-state index >= 15 is 0 Å². The third kappa shape index (κ3) is 18.9. The number of rotatable bonds is 17. The van der Waals surface area contributed by atoms with E-state index in [2.05, 4.69) is 31.0 Å². The van der Waals surface area contributed by atoms with Crippen LogP contribution >= 0.6 is 0 Å². The number of hydrogen-bond acceptors (Lipinski definition) is 1. The lowest BCUT2D eigenvalue weighted by Crippen LogP contribution is -2.22. The summed E-state index contributed by atoms with van der Waals surface area (Å²) in [5, 5.41) is 2.82. The number of carbonyl (C=O) groups excluding carboxylic acids is 1. The highest BCUT2D eigenvalue weighted by Crippen LogP contribution is 2.09. The molecular weight excluding hydrogens is 282 g/mol. The maximum absolute atomic E-state index is 11.4. The van der Waals surface area contributed by atoms with Crippen LogP contribution in [-0.2, 0) is 4.79 Å². The van der Waals surface area contributed by atoms with Gasteiger partial charge in [-0.25, -0.2) is 0 Å². The van der Waals surface area contributed by atoms with Crippen molar-refractivity contribution >= 4 is 5.91 Å². The highest BCUT2D eigenvalue weighted by molar-refractivity contribution is 5.75. The van der Waals surface area contributed by atoms with Crippen molar-refractivity contribution in [3.63, 3.8) is 0 Å². The topological polar surface area (TPSA) is 29.1 Å². The first kappa shape index (κ1) is 21.9. The lowest BCUT2D eigenvalue weighted by Gasteiger charge is -2.02. The van der Waals surface area contributed by atoms with Gasteiger partial charge in [-0.05, 0) is 32.1 Å². The summed E-state index contributed by atoms with van der Waals surface area (Å²) in [6, 6.07) is 0. The van der Waals surface area contributed by atoms with Gasteiger partial charge < -0.3 is 5.32 Å². The van der Waals surface area contributed by atoms with E-state index in [1.165, 1.54) is 77.0 Å². The minimum atomic E-state index is 0.155. The van der Waals surface area contributed by atoms with Crippen LogP contribution in [0.1, 0.15) is 96.8 Å². The summed E-state index contributed by atoms with van der Waals surface area (Å²) in [6.07, 6.45) is 23.9. The van der Waals surface area contributed by atoms with Crippen LogP contribution in [0.4, 0.5) is 0 Å². The van der Waals surface area contributed by atoms with Crippen LogP contribution < -0.4 is 5.32 Å². The molecule has 1 N–H and O–H groups in total. The molecule has 0 atom stereocenters. The Bertz CT molecular complexity index is 296. The van der Waals surface area contributed by atoms with Gasteiger partial charge in [-0.15, -0.1) is 6.58 Å². The van der Waals surface area contributed by atoms with E-state index in [0.717, 1.165) is 6.42 Å². The average molecular weight is 322 g/mol. The maximum Gasteiger partial charge on any atom is 0.220 e. The number of allylic oxidation sites excluding steroid dienone is 2. The van der Waals surface area contributed by atoms with Gasteiger partial charge in [0.2, 0.25) is 5.91 Å². The molecule has 0 aromatic heterocycles. The van der Waals surface area contributed by atoms with Gasteiger partial charge in [0, 0.05) is 13.0 Å². The van der Waals surface area contributed by atoms with E-state index in [9.17, 15) is 4.79 Å². The average Bonchev–Trinajstić information content (AvgIpc) is 2.56. The van der Waals surface area contributed by atoms with Crippen molar-refractivity contribution in [1.29, 1.82) is 0 Å². The first-order chi connectivity index (χ1) is 11.3. The zero-order valence-corrected chi connectivity index (χ0v) is 15.5. The van der Waals surface area contributed by atoms with Crippen LogP contribution in [0.15, 0.2) is 24.8 Å². The van der Waals surface area contributed by atoms with Crippen LogP contribution in [0, 0.1) is 0 Å². The molecule has 0 bridgehead atoms. The van der Waals surface area contributed by atoms with Crippen molar-refractivity contribution in [2.24, 2.45) is 0 Å². The Balaban J connectivity index is 3.16. The normalized spacial score (nSPS) is 11.0. The standard InChI is InChI=1S/C21H39NO/c1-3-5-6-7-8-9-10-11-12-13-14-15-16-17-18-19-21(23)22-20-4-2/h4,11-12H,2-3,5-10,13-20H2,1H3,(H,22,23)/b12-11-. The summed E-state index contributed by atoms with van der Waals surface area (Å²) in [7, 11) is 0. The minimum absolute atomic E-state index is 0.155. The van der Waals surface area contributed by atoms with Crippen LogP contribution in [0.3, 0.4) is 0 Å². The van der Waals surface area contributed by atoms with Gasteiger partial charge in [-0.1, -0.05) is 76.5 Å². The van der Waals surface area contributed by atoms with E-state index < -0.39 is 0 Å². The first-order valence-electron chi connectivity index (χ1n) is 9.83. The summed E-state index contributed by atoms with van der Waals surface area (Å²) < 4.78 is 0. The molecule has 0 radical (unpaired) electrons. The number of unbranched alkanes of at least 4 members (excludes halogenated alkanes) is 11. The van der Waals surface area contributed by atoms with Crippen LogP contribution in [0.25, 0.3) is 0 Å². The largest absolute Gasteiger partial charge is 0.353 e. The summed E-state index contributed by atoms with van der Waals surface area (Å²) in [6.45, 7) is 6.44. The third-order valence-corrected chi connectivity index (χ3v) is 4.11. The van der Waals surface area contributed by atoms with Crippen LogP contribution in [-0.4, -0.2) is 12.5 Å². The quantitative estimate of drug-likeness (QED) is 0.246. The molecular formula is C21H39NO. The molecule has 2 nitrogen and oxygen atoms in total. The highest BCUT2D eigenvalue weighted by Gasteiger charge is 1.98. The van der Waals surface area contributed by atoms with E-state index in [1.807, 2.05) is 0 Å². The fourth-order valence-corrected chi connectivity index (χ4v) is 2.63. The summed E-state index contributed by atoms with van der Waals surface area (Å²) in [5.74, 6) is 0.155. The van der Waals surface area contributed by atoms with E-state index in [4.69, 9.17) is 0 Å². The van der Waals surface area contributed by atoms with Crippen LogP contribution in [0.5, 0.6) is 0 Å². The smallest absolute Gasteiger partial charge is 0.220 e. The van der Waals surface area contributed by atoms with Gasteiger partial charge in [0.25, 0.3) is 0 Å². The molecule has 2 heteroatoms. The first-order valence-corrected chi connectivity index (χ1v) is 9.83. The number of nitrogens with one attached hydrogen (secondary N) is 1. The predicted octanol–water partition coefficient (Wildman–Crippen LogP) is 6.33. The molecule has 0 aliphatic carbocycles. The van der Waals surface area contributed by atoms with Crippen molar-refractivity contribution in [3.05, 3.63) is 24.8 Å². The van der Waals surface area contributed by atoms with Gasteiger partial charge in [0.15, 0.2) is 0 Å². The molecule has 0 aliphatic rings. The van der Waals surface area contributed by atoms with Gasteiger partial charge in [0.1, 0.15) is 0 Å². The van der Waals surface area contributed by atoms with Gasteiger partial charge in [-0.2, -0.15) is 0 Å². The summed E-state index contributed by atoms with van der Waals surface area (Å²) in [5.41, 5.74) is 0. The Labute approximate surface area is 144 Å². The van der Waals surface area contributed by atoms with E-state index in [0.29, 0.717) is 13.0 Å². The lowest BCUT2D eigenvalue weighted by atomic mass is 10.1. The molecule has 0 saturated heterocycles. The Morgan fingerprint density at radius 1 is 0.826 bits per heavy atom. The molecule has 0 rings (SSSR count). The minimum Gasteiger partial charge on any atom is -0.353 e. The van der Waals surface area contributed by atoms with Crippen LogP contribution in [0.2, 0.25) is 0 Å². The Kier molecular flexibility index (Phi) is 18.1. The number of amides is 1. The second-order valence-corrected chi connectivity index (χ2v) is 6.43. The molecule has 0 fully saturated rings. The maximum atomic E-state index is 11.4. The van der Waals surface area contributed by atoms with Crippen molar-refractivity contribution in [2.45, 2.75) is 96.8 Å². The van der Waals surface area contributed by atoms with E-state index in [-0.39, 0.29) is 5.91 Å². The van der Waals surface area contributed by atoms with Gasteiger partial charge >= 0.3 is 0 Å². The van der Waals surface area contributed by atoms with Crippen molar-refractivity contribution in [2.75, 3.05) is 6.54 Å². The molecule has 0 spiro atoms. The third-order valence-electron chi connectivity index (χ3n) is 4.11. The van der Waals surface area contributed by atoms with Crippen molar-refractivity contribution in [3.8, 4) is 0 Å². The molecule has 23 heavy (non-hydrogen) atoms. The second kappa shape index (κ2) is 19.0. The fourth-order valence-electron chi connectivity index (χ4n) is 2.63. The van der Waals surface area contributed by atoms with E-state index in [1.54, 1.807) is 6.08 Å². The Hall–Kier alpha value is -1.05. The second-order valence-electron chi connectivity index (χ2n) is 6.43. The summed E-state index contributed by atoms with van der Waals surface area (Å²) in [4.78, 5) is 11.4. The van der Waals surface area contributed by atoms with Gasteiger partial charge in [-0.3, -0.25) is 4.79 Å². The SMILES string of the molecule is C=CCNC(=O)CCCCCCC/C=C\CCCCCCCC. The highest BCUT2D eigenvalue weighted by atomic mass is 16.1. The zero-order valence-electron chi connectivity index (χ0n) is 15.5. The van der Waals surface area contributed by atoms with Gasteiger partial charge in [0.05, 0.1) is 0 Å². The van der Waals surface area contributed by atoms with Crippen molar-refractivity contribution < 1.29 is 4.79 Å². The molecule has 1 amide bonds. The summed E-state index contributed by atoms with van der Waals surface area (Å²) >= 11 is 0. The predicted molar refractivity (Wildman–Crippen MR) is 103 cm³/mol.